The SMILES string of the molecule is [CH2-][NH2+]C(=O)c1ccc(Cl)c([N+](=O)[O-])c1. The first-order valence-electron chi connectivity index (χ1n) is 3.67. The third-order valence-electron chi connectivity index (χ3n) is 1.61. The van der Waals surface area contributed by atoms with Gasteiger partial charge in [-0.25, -0.2) is 4.79 Å². The van der Waals surface area contributed by atoms with Gasteiger partial charge < -0.3 is 5.32 Å². The van der Waals surface area contributed by atoms with Crippen LogP contribution in [0.4, 0.5) is 5.69 Å². The number of quaternary nitrogens is 1. The number of nitrogens with two attached hydrogens (primary N) is 1. The maximum Gasteiger partial charge on any atom is 0.316 e. The number of nitro groups is 1. The van der Waals surface area contributed by atoms with Crippen molar-refractivity contribution in [3.05, 3.63) is 45.9 Å². The molecule has 0 saturated heterocycles. The Bertz CT molecular complexity index is 392. The first-order valence-corrected chi connectivity index (χ1v) is 4.04. The Morgan fingerprint density at radius 2 is 2.21 bits per heavy atom. The van der Waals surface area contributed by atoms with Crippen LogP contribution in [-0.2, 0) is 0 Å². The molecule has 1 aromatic rings. The molecule has 5 nitrogen and oxygen atoms in total. The molecule has 0 fully saturated rings. The fraction of sp³-hybridized carbons (Fsp3) is 0. The van der Waals surface area contributed by atoms with Gasteiger partial charge in [0.1, 0.15) is 5.02 Å². The fourth-order valence-electron chi connectivity index (χ4n) is 0.924. The van der Waals surface area contributed by atoms with E-state index in [-0.39, 0.29) is 22.2 Å². The molecule has 0 saturated carbocycles. The smallest absolute Gasteiger partial charge is 0.316 e. The highest BCUT2D eigenvalue weighted by Crippen LogP contribution is 2.24. The summed E-state index contributed by atoms with van der Waals surface area (Å²) in [4.78, 5) is 20.9. The van der Waals surface area contributed by atoms with Crippen LogP contribution in [0, 0.1) is 17.2 Å². The summed E-state index contributed by atoms with van der Waals surface area (Å²) in [6, 6.07) is 3.86. The Balaban J connectivity index is 3.19. The molecule has 0 aliphatic heterocycles. The Labute approximate surface area is 84.8 Å². The lowest BCUT2D eigenvalue weighted by atomic mass is 10.2. The molecule has 2 N–H and O–H groups in total. The number of carbonyl (C=O) groups is 1. The maximum absolute atomic E-state index is 11.1. The van der Waals surface area contributed by atoms with Gasteiger partial charge in [-0.05, 0) is 12.1 Å². The van der Waals surface area contributed by atoms with Crippen LogP contribution in [0.25, 0.3) is 0 Å². The molecule has 0 unspecified atom stereocenters. The number of amides is 1. The average Bonchev–Trinajstić information content (AvgIpc) is 2.17. The zero-order valence-corrected chi connectivity index (χ0v) is 7.82. The van der Waals surface area contributed by atoms with Gasteiger partial charge in [-0.15, -0.1) is 7.05 Å². The van der Waals surface area contributed by atoms with Crippen molar-refractivity contribution in [2.45, 2.75) is 0 Å². The molecule has 0 heterocycles. The Morgan fingerprint density at radius 1 is 1.57 bits per heavy atom. The molecule has 6 heteroatoms. The van der Waals surface area contributed by atoms with Crippen LogP contribution < -0.4 is 5.32 Å². The summed E-state index contributed by atoms with van der Waals surface area (Å²) < 4.78 is 0. The van der Waals surface area contributed by atoms with E-state index < -0.39 is 4.92 Å². The van der Waals surface area contributed by atoms with Gasteiger partial charge in [-0.1, -0.05) is 11.6 Å². The van der Waals surface area contributed by atoms with Crippen molar-refractivity contribution in [1.29, 1.82) is 0 Å². The van der Waals surface area contributed by atoms with Gasteiger partial charge in [0.05, 0.1) is 10.5 Å². The van der Waals surface area contributed by atoms with Gasteiger partial charge >= 0.3 is 5.91 Å². The summed E-state index contributed by atoms with van der Waals surface area (Å²) in [5, 5.41) is 11.6. The van der Waals surface area contributed by atoms with E-state index in [1.54, 1.807) is 0 Å². The molecule has 0 aromatic heterocycles. The average molecular weight is 215 g/mol. The highest BCUT2D eigenvalue weighted by molar-refractivity contribution is 6.32. The molecule has 0 radical (unpaired) electrons. The molecule has 0 aliphatic rings. The number of nitrogens with zero attached hydrogens (tertiary/aromatic N) is 1. The van der Waals surface area contributed by atoms with E-state index >= 15 is 0 Å². The minimum absolute atomic E-state index is 0.00983. The zero-order chi connectivity index (χ0) is 10.7. The molecule has 0 atom stereocenters. The second-order valence-corrected chi connectivity index (χ2v) is 2.90. The zero-order valence-electron chi connectivity index (χ0n) is 7.07. The standard InChI is InChI=1S/C8H7ClN2O3/c1-10-8(12)5-2-3-6(9)7(4-5)11(13)14/h2-4H,1,10H2. The summed E-state index contributed by atoms with van der Waals surface area (Å²) in [7, 11) is 3.28. The molecule has 0 bridgehead atoms. The fourth-order valence-corrected chi connectivity index (χ4v) is 1.11. The largest absolute Gasteiger partial charge is 0.411 e. The number of halogens is 1. The van der Waals surface area contributed by atoms with E-state index in [4.69, 9.17) is 11.6 Å². The molecule has 0 aliphatic carbocycles. The second kappa shape index (κ2) is 4.17. The van der Waals surface area contributed by atoms with Gasteiger partial charge in [-0.3, -0.25) is 10.1 Å². The lowest BCUT2D eigenvalue weighted by molar-refractivity contribution is -0.489. The topological polar surface area (TPSA) is 76.8 Å². The van der Waals surface area contributed by atoms with E-state index in [0.717, 1.165) is 11.4 Å². The number of primary amides is 1. The lowest BCUT2D eigenvalue weighted by Gasteiger charge is -1.99. The predicted molar refractivity (Wildman–Crippen MR) is 49.7 cm³/mol. The van der Waals surface area contributed by atoms with Crippen LogP contribution in [0.2, 0.25) is 5.02 Å². The molecule has 14 heavy (non-hydrogen) atoms. The number of hydrogen-bond acceptors (Lipinski definition) is 3. The highest BCUT2D eigenvalue weighted by atomic mass is 35.5. The summed E-state index contributed by atoms with van der Waals surface area (Å²) in [6.45, 7) is 0. The van der Waals surface area contributed by atoms with Crippen molar-refractivity contribution < 1.29 is 15.0 Å². The molecule has 74 valence electrons. The second-order valence-electron chi connectivity index (χ2n) is 2.49. The number of benzene rings is 1. The van der Waals surface area contributed by atoms with E-state index in [2.05, 4.69) is 7.05 Å². The van der Waals surface area contributed by atoms with Crippen molar-refractivity contribution in [2.75, 3.05) is 0 Å². The van der Waals surface area contributed by atoms with Gasteiger partial charge in [0.2, 0.25) is 0 Å². The highest BCUT2D eigenvalue weighted by Gasteiger charge is 2.16. The minimum atomic E-state index is -0.637. The van der Waals surface area contributed by atoms with Gasteiger partial charge in [0.25, 0.3) is 5.69 Å². The lowest BCUT2D eigenvalue weighted by Crippen LogP contribution is -2.81. The van der Waals surface area contributed by atoms with Crippen molar-refractivity contribution in [3.8, 4) is 0 Å². The molecule has 1 amide bonds. The number of rotatable bonds is 2. The molecule has 1 aromatic carbocycles. The van der Waals surface area contributed by atoms with Crippen molar-refractivity contribution in [3.63, 3.8) is 0 Å². The van der Waals surface area contributed by atoms with E-state index in [9.17, 15) is 14.9 Å². The first kappa shape index (κ1) is 10.6. The predicted octanol–water partition coefficient (Wildman–Crippen LogP) is 0.743. The summed E-state index contributed by atoms with van der Waals surface area (Å²) in [6.07, 6.45) is 0. The van der Waals surface area contributed by atoms with E-state index in [1.165, 1.54) is 12.1 Å². The monoisotopic (exact) mass is 214 g/mol. The quantitative estimate of drug-likeness (QED) is 0.448. The third kappa shape index (κ3) is 2.07. The van der Waals surface area contributed by atoms with Crippen LogP contribution in [0.15, 0.2) is 18.2 Å². The Hall–Kier alpha value is -1.46. The van der Waals surface area contributed by atoms with Crippen molar-refractivity contribution in [1.82, 2.24) is 0 Å². The number of hydrogen-bond donors (Lipinski definition) is 1. The summed E-state index contributed by atoms with van der Waals surface area (Å²) >= 11 is 5.56. The van der Waals surface area contributed by atoms with Gasteiger partial charge in [0, 0.05) is 6.07 Å². The molecular weight excluding hydrogens is 208 g/mol. The summed E-state index contributed by atoms with van der Waals surface area (Å²) in [5.74, 6) is -0.371. The van der Waals surface area contributed by atoms with Crippen molar-refractivity contribution >= 4 is 23.2 Å². The number of carbonyl (C=O) groups excluding carboxylic acids is 1. The van der Waals surface area contributed by atoms with E-state index in [1.807, 2.05) is 0 Å². The van der Waals surface area contributed by atoms with Crippen LogP contribution >= 0.6 is 11.6 Å². The van der Waals surface area contributed by atoms with Crippen molar-refractivity contribution in [2.24, 2.45) is 0 Å². The number of nitro benzene ring substituents is 1. The van der Waals surface area contributed by atoms with Gasteiger partial charge in [0.15, 0.2) is 0 Å². The Morgan fingerprint density at radius 3 is 2.71 bits per heavy atom. The van der Waals surface area contributed by atoms with Gasteiger partial charge in [-0.2, -0.15) is 0 Å². The van der Waals surface area contributed by atoms with Crippen LogP contribution in [0.5, 0.6) is 0 Å². The maximum atomic E-state index is 11.1. The third-order valence-corrected chi connectivity index (χ3v) is 1.93. The van der Waals surface area contributed by atoms with Crippen LogP contribution in [0.3, 0.4) is 0 Å². The van der Waals surface area contributed by atoms with Crippen LogP contribution in [-0.4, -0.2) is 10.8 Å². The van der Waals surface area contributed by atoms with E-state index in [0.29, 0.717) is 0 Å². The first-order chi connectivity index (χ1) is 6.56. The molecule has 1 rings (SSSR count). The minimum Gasteiger partial charge on any atom is -0.411 e. The normalized spacial score (nSPS) is 9.86. The Kier molecular flexibility index (Phi) is 3.16. The van der Waals surface area contributed by atoms with Crippen LogP contribution in [0.1, 0.15) is 10.4 Å². The molecular formula is C8H7ClN2O3. The summed E-state index contributed by atoms with van der Waals surface area (Å²) in [5.41, 5.74) is -0.0736. The molecule has 0 spiro atoms.